The molecule has 2 aliphatic heterocycles. The molecule has 0 bridgehead atoms. The van der Waals surface area contributed by atoms with Crippen LogP contribution < -0.4 is 4.90 Å². The van der Waals surface area contributed by atoms with Crippen LogP contribution in [0.3, 0.4) is 0 Å². The van der Waals surface area contributed by atoms with Crippen LogP contribution in [0.15, 0.2) is 47.4 Å². The molecule has 0 spiro atoms. The van der Waals surface area contributed by atoms with Crippen LogP contribution in [-0.2, 0) is 14.8 Å². The maximum atomic E-state index is 13.1. The number of anilines is 1. The van der Waals surface area contributed by atoms with Crippen LogP contribution in [0.4, 0.5) is 10.8 Å². The highest BCUT2D eigenvalue weighted by molar-refractivity contribution is 7.89. The Balaban J connectivity index is 1.20. The van der Waals surface area contributed by atoms with Gasteiger partial charge < -0.3 is 14.5 Å². The molecule has 2 fully saturated rings. The second kappa shape index (κ2) is 10.3. The zero-order chi connectivity index (χ0) is 26.2. The number of nitro groups is 1. The summed E-state index contributed by atoms with van der Waals surface area (Å²) in [6.07, 6.45) is 1.71. The average Bonchev–Trinajstić information content (AvgIpc) is 3.58. The van der Waals surface area contributed by atoms with E-state index in [0.29, 0.717) is 50.4 Å². The van der Waals surface area contributed by atoms with Crippen molar-refractivity contribution < 1.29 is 22.9 Å². The summed E-state index contributed by atoms with van der Waals surface area (Å²) in [6.45, 7) is 3.09. The first-order chi connectivity index (χ1) is 17.7. The lowest BCUT2D eigenvalue weighted by Crippen LogP contribution is -2.48. The van der Waals surface area contributed by atoms with E-state index in [1.807, 2.05) is 0 Å². The van der Waals surface area contributed by atoms with Gasteiger partial charge in [-0.25, -0.2) is 13.4 Å². The molecule has 0 radical (unpaired) electrons. The van der Waals surface area contributed by atoms with Gasteiger partial charge in [0.15, 0.2) is 5.13 Å². The van der Waals surface area contributed by atoms with Gasteiger partial charge >= 0.3 is 0 Å². The molecular weight excluding hydrogens is 518 g/mol. The quantitative estimate of drug-likeness (QED) is 0.328. The zero-order valence-corrected chi connectivity index (χ0v) is 21.9. The lowest BCUT2D eigenvalue weighted by atomic mass is 10.2. The smallest absolute Gasteiger partial charge is 0.270 e. The van der Waals surface area contributed by atoms with Crippen molar-refractivity contribution in [3.8, 4) is 0 Å². The van der Waals surface area contributed by atoms with E-state index in [4.69, 9.17) is 4.74 Å². The highest BCUT2D eigenvalue weighted by Crippen LogP contribution is 2.32. The fourth-order valence-electron chi connectivity index (χ4n) is 4.56. The minimum atomic E-state index is -3.67. The lowest BCUT2D eigenvalue weighted by molar-refractivity contribution is -0.384. The van der Waals surface area contributed by atoms with Gasteiger partial charge in [-0.1, -0.05) is 11.3 Å². The molecule has 5 rings (SSSR count). The number of thiazole rings is 1. The molecule has 3 aromatic rings. The normalized spacial score (nSPS) is 18.6. The third-order valence-corrected chi connectivity index (χ3v) is 9.62. The minimum Gasteiger partial charge on any atom is -0.377 e. The molecule has 0 saturated carbocycles. The summed E-state index contributed by atoms with van der Waals surface area (Å²) in [7, 11) is -2.13. The van der Waals surface area contributed by atoms with Crippen molar-refractivity contribution in [3.05, 3.63) is 58.1 Å². The number of carbonyl (C=O) groups is 1. The predicted octanol–water partition coefficient (Wildman–Crippen LogP) is 2.97. The summed E-state index contributed by atoms with van der Waals surface area (Å²) in [6, 6.07) is 10.7. The second-order valence-electron chi connectivity index (χ2n) is 9.13. The van der Waals surface area contributed by atoms with Gasteiger partial charge in [0.25, 0.3) is 11.6 Å². The largest absolute Gasteiger partial charge is 0.377 e. The highest BCUT2D eigenvalue weighted by Gasteiger charge is 2.28. The molecule has 0 aliphatic carbocycles. The van der Waals surface area contributed by atoms with Crippen LogP contribution in [-0.4, -0.2) is 85.9 Å². The number of carbonyl (C=O) groups excluding carboxylic acids is 1. The highest BCUT2D eigenvalue weighted by atomic mass is 32.2. The number of aromatic nitrogens is 1. The fourth-order valence-corrected chi connectivity index (χ4v) is 6.81. The van der Waals surface area contributed by atoms with Crippen molar-refractivity contribution in [1.29, 1.82) is 0 Å². The molecule has 1 amide bonds. The number of sulfonamides is 1. The molecule has 13 heteroatoms. The molecule has 0 N–H and O–H groups in total. The van der Waals surface area contributed by atoms with Crippen LogP contribution in [0.2, 0.25) is 0 Å². The number of hydrogen-bond donors (Lipinski definition) is 0. The Kier molecular flexibility index (Phi) is 7.12. The Morgan fingerprint density at radius 2 is 1.92 bits per heavy atom. The van der Waals surface area contributed by atoms with Crippen molar-refractivity contribution >= 4 is 48.3 Å². The Labute approximate surface area is 218 Å². The van der Waals surface area contributed by atoms with E-state index < -0.39 is 14.9 Å². The van der Waals surface area contributed by atoms with Crippen molar-refractivity contribution in [3.63, 3.8) is 0 Å². The molecule has 1 atom stereocenters. The maximum absolute atomic E-state index is 13.1. The summed E-state index contributed by atoms with van der Waals surface area (Å²) in [4.78, 5) is 32.2. The molecular formula is C24H27N5O6S2. The van der Waals surface area contributed by atoms with E-state index in [0.717, 1.165) is 22.7 Å². The maximum Gasteiger partial charge on any atom is 0.270 e. The van der Waals surface area contributed by atoms with Gasteiger partial charge in [-0.3, -0.25) is 14.9 Å². The first kappa shape index (κ1) is 25.5. The van der Waals surface area contributed by atoms with Crippen LogP contribution in [0, 0.1) is 10.1 Å². The standard InChI is InChI=1S/C24H27N5O6S2/c1-26(16-19-3-2-14-35-19)37(33,34)20-7-4-17(5-8-20)23(30)27-10-12-28(13-11-27)24-25-21-9-6-18(29(31)32)15-22(21)36-24/h4-9,15,19H,2-3,10-14,16H2,1H3. The number of hydrogen-bond acceptors (Lipinski definition) is 9. The number of nitrogens with zero attached hydrogens (tertiary/aromatic N) is 5. The average molecular weight is 546 g/mol. The first-order valence-corrected chi connectivity index (χ1v) is 14.3. The fraction of sp³-hybridized carbons (Fsp3) is 0.417. The van der Waals surface area contributed by atoms with Gasteiger partial charge in [-0.2, -0.15) is 4.31 Å². The Morgan fingerprint density at radius 1 is 1.19 bits per heavy atom. The van der Waals surface area contributed by atoms with Crippen LogP contribution in [0.5, 0.6) is 0 Å². The molecule has 11 nitrogen and oxygen atoms in total. The third kappa shape index (κ3) is 5.30. The van der Waals surface area contributed by atoms with Gasteiger partial charge in [0.2, 0.25) is 10.0 Å². The molecule has 3 heterocycles. The number of benzene rings is 2. The number of nitro benzene ring substituents is 1. The van der Waals surface area contributed by atoms with E-state index >= 15 is 0 Å². The molecule has 2 aliphatic rings. The Bertz CT molecular complexity index is 1410. The topological polar surface area (TPSA) is 126 Å². The minimum absolute atomic E-state index is 0.0337. The number of likely N-dealkylation sites (N-methyl/N-ethyl adjacent to an activating group) is 1. The monoisotopic (exact) mass is 545 g/mol. The number of non-ortho nitro benzene ring substituents is 1. The molecule has 1 unspecified atom stereocenters. The molecule has 1 aromatic heterocycles. The second-order valence-corrected chi connectivity index (χ2v) is 12.2. The van der Waals surface area contributed by atoms with Gasteiger partial charge in [-0.05, 0) is 43.2 Å². The molecule has 2 aromatic carbocycles. The summed E-state index contributed by atoms with van der Waals surface area (Å²) in [5.74, 6) is -0.156. The van der Waals surface area contributed by atoms with E-state index in [-0.39, 0.29) is 22.6 Å². The van der Waals surface area contributed by atoms with Gasteiger partial charge in [0.05, 0.1) is 26.1 Å². The lowest BCUT2D eigenvalue weighted by Gasteiger charge is -2.34. The SMILES string of the molecule is CN(CC1CCCO1)S(=O)(=O)c1ccc(C(=O)N2CCN(c3nc4ccc([N+](=O)[O-])cc4s3)CC2)cc1. The van der Waals surface area contributed by atoms with E-state index in [9.17, 15) is 23.3 Å². The summed E-state index contributed by atoms with van der Waals surface area (Å²) >= 11 is 1.40. The van der Waals surface area contributed by atoms with Crippen molar-refractivity contribution in [1.82, 2.24) is 14.2 Å². The Hall–Kier alpha value is -3.13. The summed E-state index contributed by atoms with van der Waals surface area (Å²) in [5.41, 5.74) is 1.17. The van der Waals surface area contributed by atoms with Gasteiger partial charge in [-0.15, -0.1) is 0 Å². The van der Waals surface area contributed by atoms with E-state index in [2.05, 4.69) is 9.88 Å². The van der Waals surface area contributed by atoms with Crippen molar-refractivity contribution in [2.45, 2.75) is 23.8 Å². The number of fused-ring (bicyclic) bond motifs is 1. The predicted molar refractivity (Wildman–Crippen MR) is 140 cm³/mol. The number of rotatable bonds is 7. The van der Waals surface area contributed by atoms with Crippen LogP contribution >= 0.6 is 11.3 Å². The van der Waals surface area contributed by atoms with Crippen LogP contribution in [0.25, 0.3) is 10.2 Å². The van der Waals surface area contributed by atoms with Gasteiger partial charge in [0.1, 0.15) is 0 Å². The summed E-state index contributed by atoms with van der Waals surface area (Å²) in [5, 5.41) is 11.8. The summed E-state index contributed by atoms with van der Waals surface area (Å²) < 4.78 is 33.4. The Morgan fingerprint density at radius 3 is 2.57 bits per heavy atom. The third-order valence-electron chi connectivity index (χ3n) is 6.70. The number of amides is 1. The molecule has 37 heavy (non-hydrogen) atoms. The number of piperazine rings is 1. The number of ether oxygens (including phenoxy) is 1. The van der Waals surface area contributed by atoms with Crippen molar-refractivity contribution in [2.75, 3.05) is 51.3 Å². The molecule has 2 saturated heterocycles. The van der Waals surface area contributed by atoms with E-state index in [1.54, 1.807) is 30.1 Å². The van der Waals surface area contributed by atoms with E-state index in [1.165, 1.54) is 39.9 Å². The molecule has 196 valence electrons. The first-order valence-electron chi connectivity index (χ1n) is 12.0. The van der Waals surface area contributed by atoms with Crippen LogP contribution in [0.1, 0.15) is 23.2 Å². The van der Waals surface area contributed by atoms with Gasteiger partial charge in [0, 0.05) is 64.1 Å². The van der Waals surface area contributed by atoms with Crippen molar-refractivity contribution in [2.24, 2.45) is 0 Å². The zero-order valence-electron chi connectivity index (χ0n) is 20.3.